The van der Waals surface area contributed by atoms with Crippen LogP contribution in [0.1, 0.15) is 28.8 Å². The molecule has 0 spiro atoms. The van der Waals surface area contributed by atoms with Gasteiger partial charge in [-0.3, -0.25) is 4.79 Å². The maximum absolute atomic E-state index is 13.5. The van der Waals surface area contributed by atoms with Crippen molar-refractivity contribution in [3.05, 3.63) is 77.7 Å². The normalized spacial score (nSPS) is 14.8. The molecule has 0 atom stereocenters. The molecule has 1 amide bonds. The fourth-order valence-corrected chi connectivity index (χ4v) is 4.98. The van der Waals surface area contributed by atoms with Gasteiger partial charge < -0.3 is 14.4 Å². The van der Waals surface area contributed by atoms with Gasteiger partial charge in [0.2, 0.25) is 0 Å². The van der Waals surface area contributed by atoms with Crippen molar-refractivity contribution in [3.63, 3.8) is 0 Å². The van der Waals surface area contributed by atoms with Crippen molar-refractivity contribution in [2.24, 2.45) is 7.05 Å². The van der Waals surface area contributed by atoms with E-state index < -0.39 is 29.0 Å². The molecule has 0 radical (unpaired) electrons. The van der Waals surface area contributed by atoms with Crippen LogP contribution in [0, 0.1) is 5.82 Å². The van der Waals surface area contributed by atoms with E-state index in [1.165, 1.54) is 11.9 Å². The van der Waals surface area contributed by atoms with Gasteiger partial charge in [-0.15, -0.1) is 10.2 Å². The summed E-state index contributed by atoms with van der Waals surface area (Å²) in [6.07, 6.45) is -1.80. The quantitative estimate of drug-likeness (QED) is 0.338. The Morgan fingerprint density at radius 2 is 1.70 bits per heavy atom. The molecule has 0 unspecified atom stereocenters. The van der Waals surface area contributed by atoms with Gasteiger partial charge in [0.15, 0.2) is 5.82 Å². The number of anilines is 1. The topological polar surface area (TPSA) is 54.3 Å². The second-order valence-electron chi connectivity index (χ2n) is 9.24. The van der Waals surface area contributed by atoms with Gasteiger partial charge in [0.25, 0.3) is 5.91 Å². The smallest absolute Gasteiger partial charge is 0.354 e. The van der Waals surface area contributed by atoms with Gasteiger partial charge in [-0.25, -0.2) is 4.39 Å². The average molecular weight is 512 g/mol. The fourth-order valence-electron chi connectivity index (χ4n) is 4.98. The molecule has 3 heterocycles. The van der Waals surface area contributed by atoms with Crippen LogP contribution in [0.5, 0.6) is 0 Å². The number of hydrogen-bond donors (Lipinski definition) is 0. The van der Waals surface area contributed by atoms with E-state index >= 15 is 0 Å². The van der Waals surface area contributed by atoms with Gasteiger partial charge >= 0.3 is 6.18 Å². The van der Waals surface area contributed by atoms with Crippen LogP contribution in [0.4, 0.5) is 23.4 Å². The van der Waals surface area contributed by atoms with Crippen molar-refractivity contribution in [2.75, 3.05) is 25.0 Å². The number of halogens is 4. The minimum absolute atomic E-state index is 0.267. The highest BCUT2D eigenvalue weighted by molar-refractivity contribution is 6.00. The Morgan fingerprint density at radius 1 is 1.00 bits per heavy atom. The predicted molar refractivity (Wildman–Crippen MR) is 133 cm³/mol. The molecule has 0 saturated carbocycles. The van der Waals surface area contributed by atoms with E-state index in [2.05, 4.69) is 15.1 Å². The molecule has 1 aliphatic heterocycles. The molecular formula is C27H25F4N5O. The van der Waals surface area contributed by atoms with Crippen LogP contribution in [-0.2, 0) is 13.2 Å². The first-order valence-corrected chi connectivity index (χ1v) is 11.9. The van der Waals surface area contributed by atoms with E-state index in [1.54, 1.807) is 0 Å². The van der Waals surface area contributed by atoms with Gasteiger partial charge in [0.1, 0.15) is 11.5 Å². The summed E-state index contributed by atoms with van der Waals surface area (Å²) < 4.78 is 55.8. The molecule has 1 fully saturated rings. The molecule has 1 saturated heterocycles. The Hall–Kier alpha value is -3.95. The third-order valence-corrected chi connectivity index (χ3v) is 7.00. The second-order valence-corrected chi connectivity index (χ2v) is 9.24. The van der Waals surface area contributed by atoms with E-state index in [-0.39, 0.29) is 6.04 Å². The molecule has 37 heavy (non-hydrogen) atoms. The number of fused-ring (bicyclic) bond motifs is 1. The SMILES string of the molecule is CN(C(=O)c1ccc(F)cc1C(F)(F)F)C1CCN(c2nnc(-c3cccn3C)c3ccccc23)CC1. The van der Waals surface area contributed by atoms with E-state index in [9.17, 15) is 22.4 Å². The standard InChI is InChI=1S/C27H25F4N5O/c1-34-13-5-8-23(34)24-19-6-3-4-7-20(19)25(33-32-24)36-14-11-18(12-15-36)35(2)26(37)21-10-9-17(28)16-22(21)27(29,30)31/h3-10,13,16,18H,11-12,14-15H2,1-2H3. The highest BCUT2D eigenvalue weighted by atomic mass is 19.4. The Labute approximate surface area is 211 Å². The lowest BCUT2D eigenvalue weighted by molar-refractivity contribution is -0.138. The number of piperidine rings is 1. The number of benzene rings is 2. The lowest BCUT2D eigenvalue weighted by Gasteiger charge is -2.37. The van der Waals surface area contributed by atoms with Crippen LogP contribution >= 0.6 is 0 Å². The summed E-state index contributed by atoms with van der Waals surface area (Å²) in [5.74, 6) is -1.08. The first kappa shape index (κ1) is 24.7. The maximum Gasteiger partial charge on any atom is 0.417 e. The summed E-state index contributed by atoms with van der Waals surface area (Å²) in [6.45, 7) is 1.11. The summed E-state index contributed by atoms with van der Waals surface area (Å²) in [4.78, 5) is 16.4. The highest BCUT2D eigenvalue weighted by Crippen LogP contribution is 2.35. The number of aromatic nitrogens is 3. The van der Waals surface area contributed by atoms with Gasteiger partial charge in [-0.05, 0) is 43.2 Å². The van der Waals surface area contributed by atoms with Crippen molar-refractivity contribution in [2.45, 2.75) is 25.1 Å². The lowest BCUT2D eigenvalue weighted by Crippen LogP contribution is -2.46. The summed E-state index contributed by atoms with van der Waals surface area (Å²) in [7, 11) is 3.45. The number of amides is 1. The zero-order chi connectivity index (χ0) is 26.3. The monoisotopic (exact) mass is 511 g/mol. The zero-order valence-electron chi connectivity index (χ0n) is 20.3. The number of carbonyl (C=O) groups excluding carboxylic acids is 1. The third kappa shape index (κ3) is 4.63. The molecule has 192 valence electrons. The van der Waals surface area contributed by atoms with E-state index in [0.29, 0.717) is 32.0 Å². The van der Waals surface area contributed by atoms with E-state index in [4.69, 9.17) is 0 Å². The number of hydrogen-bond acceptors (Lipinski definition) is 4. The van der Waals surface area contributed by atoms with Crippen LogP contribution in [0.2, 0.25) is 0 Å². The molecule has 0 bridgehead atoms. The molecule has 1 aliphatic rings. The predicted octanol–water partition coefficient (Wildman–Crippen LogP) is 5.53. The number of rotatable bonds is 4. The van der Waals surface area contributed by atoms with E-state index in [0.717, 1.165) is 40.1 Å². The molecule has 4 aromatic rings. The van der Waals surface area contributed by atoms with Gasteiger partial charge in [0.05, 0.1) is 16.8 Å². The third-order valence-electron chi connectivity index (χ3n) is 7.00. The Morgan fingerprint density at radius 3 is 2.35 bits per heavy atom. The Bertz CT molecular complexity index is 1460. The van der Waals surface area contributed by atoms with Crippen molar-refractivity contribution in [3.8, 4) is 11.4 Å². The summed E-state index contributed by atoms with van der Waals surface area (Å²) in [5.41, 5.74) is -0.0752. The van der Waals surface area contributed by atoms with Crippen molar-refractivity contribution in [1.82, 2.24) is 19.7 Å². The van der Waals surface area contributed by atoms with E-state index in [1.807, 2.05) is 54.2 Å². The molecule has 2 aromatic heterocycles. The summed E-state index contributed by atoms with van der Waals surface area (Å²) in [5, 5.41) is 11.0. The molecule has 2 aromatic carbocycles. The number of aryl methyl sites for hydroxylation is 1. The van der Waals surface area contributed by atoms with Crippen molar-refractivity contribution in [1.29, 1.82) is 0 Å². The molecule has 6 nitrogen and oxygen atoms in total. The van der Waals surface area contributed by atoms with Crippen molar-refractivity contribution < 1.29 is 22.4 Å². The molecule has 10 heteroatoms. The van der Waals surface area contributed by atoms with Crippen LogP contribution in [0.25, 0.3) is 22.2 Å². The van der Waals surface area contributed by atoms with Crippen LogP contribution < -0.4 is 4.90 Å². The summed E-state index contributed by atoms with van der Waals surface area (Å²) in [6, 6.07) is 13.7. The largest absolute Gasteiger partial charge is 0.417 e. The van der Waals surface area contributed by atoms with Gasteiger partial charge in [-0.2, -0.15) is 13.2 Å². The average Bonchev–Trinajstić information content (AvgIpc) is 3.32. The molecular weight excluding hydrogens is 486 g/mol. The van der Waals surface area contributed by atoms with Gasteiger partial charge in [-0.1, -0.05) is 24.3 Å². The number of nitrogens with zero attached hydrogens (tertiary/aromatic N) is 5. The number of alkyl halides is 3. The molecule has 5 rings (SSSR count). The lowest BCUT2D eigenvalue weighted by atomic mass is 10.00. The maximum atomic E-state index is 13.5. The second kappa shape index (κ2) is 9.49. The summed E-state index contributed by atoms with van der Waals surface area (Å²) >= 11 is 0. The highest BCUT2D eigenvalue weighted by Gasteiger charge is 2.37. The fraction of sp³-hybridized carbons (Fsp3) is 0.296. The minimum atomic E-state index is -4.83. The first-order chi connectivity index (χ1) is 17.6. The first-order valence-electron chi connectivity index (χ1n) is 11.9. The van der Waals surface area contributed by atoms with Crippen LogP contribution in [0.3, 0.4) is 0 Å². The Kier molecular flexibility index (Phi) is 6.35. The number of carbonyl (C=O) groups is 1. The minimum Gasteiger partial charge on any atom is -0.354 e. The van der Waals surface area contributed by atoms with Crippen LogP contribution in [-0.4, -0.2) is 51.8 Å². The van der Waals surface area contributed by atoms with Crippen molar-refractivity contribution >= 4 is 22.5 Å². The molecule has 0 aliphatic carbocycles. The van der Waals surface area contributed by atoms with Gasteiger partial charge in [0, 0.05) is 50.2 Å². The van der Waals surface area contributed by atoms with Crippen LogP contribution in [0.15, 0.2) is 60.8 Å². The zero-order valence-corrected chi connectivity index (χ0v) is 20.3. The Balaban J connectivity index is 1.36. The molecule has 0 N–H and O–H groups in total.